The van der Waals surface area contributed by atoms with Gasteiger partial charge < -0.3 is 5.32 Å². The van der Waals surface area contributed by atoms with Crippen LogP contribution in [0.4, 0.5) is 15.5 Å². The fraction of sp³-hybridized carbons (Fsp3) is 0.263. The molecule has 3 heterocycles. The van der Waals surface area contributed by atoms with Crippen LogP contribution in [0.1, 0.15) is 17.4 Å². The highest BCUT2D eigenvalue weighted by molar-refractivity contribution is 7.16. The summed E-state index contributed by atoms with van der Waals surface area (Å²) in [5.74, 6) is 0. The van der Waals surface area contributed by atoms with Crippen molar-refractivity contribution in [3.8, 4) is 0 Å². The molecular weight excluding hydrogens is 332 g/mol. The van der Waals surface area contributed by atoms with Crippen LogP contribution in [0.5, 0.6) is 0 Å². The van der Waals surface area contributed by atoms with E-state index in [-0.39, 0.29) is 6.03 Å². The molecule has 6 heteroatoms. The lowest BCUT2D eigenvalue weighted by atomic mass is 10.1. The Kier molecular flexibility index (Phi) is 4.38. The summed E-state index contributed by atoms with van der Waals surface area (Å²) in [4.78, 5) is 20.4. The molecule has 0 bridgehead atoms. The number of urea groups is 1. The molecule has 0 fully saturated rings. The summed E-state index contributed by atoms with van der Waals surface area (Å²) in [6.07, 6.45) is 4.53. The third-order valence-corrected chi connectivity index (χ3v) is 5.64. The standard InChI is InChI=1S/C19H20N4OS/c1-2-23-8-7-13-9-18(25-17(13)12-23)22-19(24)21-16-11-20-10-14-5-3-4-6-15(14)16/h3-6,9-11H,2,7-8,12H2,1H3,(H2,21,22,24). The number of hydrogen-bond donors (Lipinski definition) is 2. The first-order valence-electron chi connectivity index (χ1n) is 8.47. The number of pyridine rings is 1. The Morgan fingerprint density at radius 2 is 2.16 bits per heavy atom. The maximum atomic E-state index is 12.4. The van der Waals surface area contributed by atoms with Gasteiger partial charge in [-0.25, -0.2) is 4.79 Å². The molecule has 4 rings (SSSR count). The van der Waals surface area contributed by atoms with E-state index in [4.69, 9.17) is 0 Å². The molecule has 0 unspecified atom stereocenters. The third kappa shape index (κ3) is 3.36. The van der Waals surface area contributed by atoms with Gasteiger partial charge in [0.05, 0.1) is 16.9 Å². The lowest BCUT2D eigenvalue weighted by Gasteiger charge is -2.24. The summed E-state index contributed by atoms with van der Waals surface area (Å²) in [6.45, 7) is 5.32. The number of aromatic nitrogens is 1. The fourth-order valence-electron chi connectivity index (χ4n) is 3.19. The van der Waals surface area contributed by atoms with Crippen LogP contribution >= 0.6 is 11.3 Å². The summed E-state index contributed by atoms with van der Waals surface area (Å²) < 4.78 is 0. The molecule has 25 heavy (non-hydrogen) atoms. The molecular formula is C19H20N4OS. The zero-order chi connectivity index (χ0) is 17.2. The molecule has 2 aromatic heterocycles. The summed E-state index contributed by atoms with van der Waals surface area (Å²) >= 11 is 1.67. The zero-order valence-corrected chi connectivity index (χ0v) is 14.9. The number of nitrogens with zero attached hydrogens (tertiary/aromatic N) is 2. The maximum absolute atomic E-state index is 12.4. The first-order chi connectivity index (χ1) is 12.2. The number of carbonyl (C=O) groups excluding carboxylic acids is 1. The molecule has 0 aliphatic carbocycles. The number of carbonyl (C=O) groups is 1. The zero-order valence-electron chi connectivity index (χ0n) is 14.1. The third-order valence-electron chi connectivity index (χ3n) is 4.56. The molecule has 2 amide bonds. The van der Waals surface area contributed by atoms with Crippen LogP contribution in [0.2, 0.25) is 0 Å². The minimum atomic E-state index is -0.232. The summed E-state index contributed by atoms with van der Waals surface area (Å²) in [5, 5.41) is 8.77. The fourth-order valence-corrected chi connectivity index (χ4v) is 4.34. The van der Waals surface area contributed by atoms with Crippen molar-refractivity contribution in [3.05, 3.63) is 53.2 Å². The molecule has 0 saturated heterocycles. The van der Waals surface area contributed by atoms with Crippen molar-refractivity contribution in [3.63, 3.8) is 0 Å². The number of thiophene rings is 1. The van der Waals surface area contributed by atoms with Gasteiger partial charge in [-0.05, 0) is 24.6 Å². The van der Waals surface area contributed by atoms with E-state index in [1.807, 2.05) is 24.3 Å². The van der Waals surface area contributed by atoms with E-state index in [0.29, 0.717) is 5.69 Å². The Bertz CT molecular complexity index is 915. The van der Waals surface area contributed by atoms with Crippen LogP contribution in [0, 0.1) is 0 Å². The Morgan fingerprint density at radius 3 is 3.04 bits per heavy atom. The quantitative estimate of drug-likeness (QED) is 0.738. The smallest absolute Gasteiger partial charge is 0.306 e. The first-order valence-corrected chi connectivity index (χ1v) is 9.29. The number of benzene rings is 1. The van der Waals surface area contributed by atoms with E-state index in [9.17, 15) is 4.79 Å². The normalized spacial score (nSPS) is 14.3. The highest BCUT2D eigenvalue weighted by Crippen LogP contribution is 2.32. The minimum Gasteiger partial charge on any atom is -0.306 e. The number of rotatable bonds is 3. The average molecular weight is 352 g/mol. The summed E-state index contributed by atoms with van der Waals surface area (Å²) in [6, 6.07) is 9.76. The van der Waals surface area contributed by atoms with Crippen molar-refractivity contribution in [1.29, 1.82) is 0 Å². The highest BCUT2D eigenvalue weighted by atomic mass is 32.1. The Labute approximate surface area is 150 Å². The van der Waals surface area contributed by atoms with Crippen LogP contribution in [-0.4, -0.2) is 29.0 Å². The maximum Gasteiger partial charge on any atom is 0.324 e. The highest BCUT2D eigenvalue weighted by Gasteiger charge is 2.18. The second-order valence-electron chi connectivity index (χ2n) is 6.17. The van der Waals surface area contributed by atoms with Gasteiger partial charge in [0.25, 0.3) is 0 Å². The second kappa shape index (κ2) is 6.82. The second-order valence-corrected chi connectivity index (χ2v) is 7.30. The molecule has 1 aliphatic rings. The van der Waals surface area contributed by atoms with E-state index in [2.05, 4.69) is 33.5 Å². The van der Waals surface area contributed by atoms with Gasteiger partial charge in [-0.2, -0.15) is 0 Å². The van der Waals surface area contributed by atoms with Crippen LogP contribution in [0.25, 0.3) is 10.8 Å². The van der Waals surface area contributed by atoms with E-state index in [1.54, 1.807) is 23.7 Å². The SMILES string of the molecule is CCN1CCc2cc(NC(=O)Nc3cncc4ccccc34)sc2C1. The van der Waals surface area contributed by atoms with Crippen molar-refractivity contribution in [2.45, 2.75) is 19.9 Å². The van der Waals surface area contributed by atoms with Gasteiger partial charge in [0.1, 0.15) is 0 Å². The first kappa shape index (κ1) is 16.1. The number of amides is 2. The van der Waals surface area contributed by atoms with Crippen molar-refractivity contribution in [2.24, 2.45) is 0 Å². The average Bonchev–Trinajstić information content (AvgIpc) is 3.03. The predicted octanol–water partition coefficient (Wildman–Crippen LogP) is 4.32. The molecule has 128 valence electrons. The number of anilines is 2. The van der Waals surface area contributed by atoms with Gasteiger partial charge in [-0.1, -0.05) is 31.2 Å². The number of nitrogens with one attached hydrogen (secondary N) is 2. The van der Waals surface area contributed by atoms with Crippen molar-refractivity contribution >= 4 is 38.8 Å². The predicted molar refractivity (Wildman–Crippen MR) is 103 cm³/mol. The summed E-state index contributed by atoms with van der Waals surface area (Å²) in [7, 11) is 0. The molecule has 0 spiro atoms. The van der Waals surface area contributed by atoms with Crippen LogP contribution in [-0.2, 0) is 13.0 Å². The summed E-state index contributed by atoms with van der Waals surface area (Å²) in [5.41, 5.74) is 2.07. The van der Waals surface area contributed by atoms with Crippen LogP contribution in [0.15, 0.2) is 42.7 Å². The molecule has 0 saturated carbocycles. The molecule has 0 atom stereocenters. The monoisotopic (exact) mass is 352 g/mol. The minimum absolute atomic E-state index is 0.232. The number of likely N-dealkylation sites (N-methyl/N-ethyl adjacent to an activating group) is 1. The number of fused-ring (bicyclic) bond motifs is 2. The lowest BCUT2D eigenvalue weighted by molar-refractivity contribution is 0.262. The van der Waals surface area contributed by atoms with Gasteiger partial charge in [0, 0.05) is 34.9 Å². The molecule has 3 aromatic rings. The van der Waals surface area contributed by atoms with Crippen molar-refractivity contribution in [2.75, 3.05) is 23.7 Å². The topological polar surface area (TPSA) is 57.3 Å². The van der Waals surface area contributed by atoms with Gasteiger partial charge in [0.15, 0.2) is 0 Å². The van der Waals surface area contributed by atoms with E-state index >= 15 is 0 Å². The van der Waals surface area contributed by atoms with Gasteiger partial charge >= 0.3 is 6.03 Å². The molecule has 5 nitrogen and oxygen atoms in total. The molecule has 2 N–H and O–H groups in total. The Hall–Kier alpha value is -2.44. The van der Waals surface area contributed by atoms with Gasteiger partial charge in [-0.15, -0.1) is 11.3 Å². The van der Waals surface area contributed by atoms with E-state index in [0.717, 1.165) is 41.8 Å². The van der Waals surface area contributed by atoms with Crippen LogP contribution in [0.3, 0.4) is 0 Å². The van der Waals surface area contributed by atoms with Crippen LogP contribution < -0.4 is 10.6 Å². The Morgan fingerprint density at radius 1 is 1.28 bits per heavy atom. The van der Waals surface area contributed by atoms with E-state index < -0.39 is 0 Å². The van der Waals surface area contributed by atoms with Crippen molar-refractivity contribution in [1.82, 2.24) is 9.88 Å². The largest absolute Gasteiger partial charge is 0.324 e. The van der Waals surface area contributed by atoms with Gasteiger partial charge in [-0.3, -0.25) is 15.2 Å². The van der Waals surface area contributed by atoms with E-state index in [1.165, 1.54) is 10.4 Å². The van der Waals surface area contributed by atoms with Crippen molar-refractivity contribution < 1.29 is 4.79 Å². The number of hydrogen-bond acceptors (Lipinski definition) is 4. The lowest BCUT2D eigenvalue weighted by Crippen LogP contribution is -2.28. The van der Waals surface area contributed by atoms with Gasteiger partial charge in [0.2, 0.25) is 0 Å². The molecule has 1 aromatic carbocycles. The Balaban J connectivity index is 1.48. The molecule has 1 aliphatic heterocycles. The molecule has 0 radical (unpaired) electrons.